The van der Waals surface area contributed by atoms with Crippen molar-refractivity contribution >= 4 is 51.1 Å². The maximum atomic E-state index is 13.3. The summed E-state index contributed by atoms with van der Waals surface area (Å²) < 4.78 is 0. The number of carbonyl (C=O) groups excluding carboxylic acids is 2. The highest BCUT2D eigenvalue weighted by molar-refractivity contribution is 9.08. The lowest BCUT2D eigenvalue weighted by atomic mass is 9.76. The van der Waals surface area contributed by atoms with Gasteiger partial charge >= 0.3 is 6.03 Å². The van der Waals surface area contributed by atoms with E-state index in [1.165, 1.54) is 16.7 Å². The van der Waals surface area contributed by atoms with Crippen LogP contribution in [0, 0.1) is 11.8 Å². The molecular weight excluding hydrogens is 587 g/mol. The van der Waals surface area contributed by atoms with Crippen LogP contribution in [0.15, 0.2) is 24.4 Å². The van der Waals surface area contributed by atoms with E-state index in [0.29, 0.717) is 41.4 Å². The first kappa shape index (κ1) is 27.7. The number of piperidine rings is 1. The highest BCUT2D eigenvalue weighted by Gasteiger charge is 2.36. The molecular formula is C29H35BrCl2N4O2. The molecule has 2 atom stereocenters. The van der Waals surface area contributed by atoms with E-state index in [4.69, 9.17) is 33.9 Å². The van der Waals surface area contributed by atoms with Gasteiger partial charge in [-0.15, -0.1) is 0 Å². The first-order valence-corrected chi connectivity index (χ1v) is 15.6. The molecule has 0 bridgehead atoms. The number of hydrogen-bond acceptors (Lipinski definition) is 3. The molecule has 2 N–H and O–H groups in total. The van der Waals surface area contributed by atoms with Gasteiger partial charge in [-0.2, -0.15) is 0 Å². The number of aromatic nitrogens is 1. The van der Waals surface area contributed by atoms with Crippen molar-refractivity contribution in [2.75, 3.05) is 26.2 Å². The average molecular weight is 622 g/mol. The Balaban J connectivity index is 1.31. The van der Waals surface area contributed by atoms with Gasteiger partial charge in [-0.1, -0.05) is 45.2 Å². The van der Waals surface area contributed by atoms with Crippen LogP contribution in [-0.4, -0.2) is 52.9 Å². The van der Waals surface area contributed by atoms with Crippen LogP contribution < -0.4 is 5.73 Å². The molecule has 2 fully saturated rings. The second kappa shape index (κ2) is 12.1. The molecule has 1 aliphatic carbocycles. The van der Waals surface area contributed by atoms with E-state index >= 15 is 0 Å². The SMILES string of the molecule is NC(=O)N1CCCC(CC(=O)N2CCC(C3c4ncc(CBr)cc4CCc4cc(Cl)cc(Cl)c43)CC2)CC1. The molecule has 2 aliphatic heterocycles. The summed E-state index contributed by atoms with van der Waals surface area (Å²) in [6.07, 6.45) is 8.85. The number of likely N-dealkylation sites (tertiary alicyclic amines) is 2. The fourth-order valence-corrected chi connectivity index (χ4v) is 7.59. The van der Waals surface area contributed by atoms with E-state index in [9.17, 15) is 9.59 Å². The summed E-state index contributed by atoms with van der Waals surface area (Å²) in [7, 11) is 0. The van der Waals surface area contributed by atoms with Gasteiger partial charge in [0, 0.05) is 60.1 Å². The topological polar surface area (TPSA) is 79.5 Å². The molecule has 6 nitrogen and oxygen atoms in total. The van der Waals surface area contributed by atoms with Crippen molar-refractivity contribution in [2.24, 2.45) is 17.6 Å². The van der Waals surface area contributed by atoms with Crippen molar-refractivity contribution in [1.82, 2.24) is 14.8 Å². The monoisotopic (exact) mass is 620 g/mol. The van der Waals surface area contributed by atoms with Crippen LogP contribution in [0.4, 0.5) is 4.79 Å². The molecule has 1 aromatic heterocycles. The van der Waals surface area contributed by atoms with Crippen molar-refractivity contribution in [1.29, 1.82) is 0 Å². The molecule has 38 heavy (non-hydrogen) atoms. The maximum absolute atomic E-state index is 13.3. The van der Waals surface area contributed by atoms with Crippen LogP contribution >= 0.6 is 39.1 Å². The third kappa shape index (κ3) is 6.00. The van der Waals surface area contributed by atoms with Crippen LogP contribution in [0.25, 0.3) is 0 Å². The van der Waals surface area contributed by atoms with Gasteiger partial charge in [0.15, 0.2) is 0 Å². The van der Waals surface area contributed by atoms with Gasteiger partial charge < -0.3 is 15.5 Å². The van der Waals surface area contributed by atoms with Gasteiger partial charge in [-0.3, -0.25) is 9.78 Å². The van der Waals surface area contributed by atoms with Crippen LogP contribution in [-0.2, 0) is 23.0 Å². The molecule has 2 unspecified atom stereocenters. The molecule has 9 heteroatoms. The third-order valence-electron chi connectivity index (χ3n) is 8.65. The predicted octanol–water partition coefficient (Wildman–Crippen LogP) is 6.32. The van der Waals surface area contributed by atoms with Gasteiger partial charge in [0.05, 0.1) is 5.69 Å². The van der Waals surface area contributed by atoms with Crippen molar-refractivity contribution in [3.05, 3.63) is 62.4 Å². The minimum atomic E-state index is -0.360. The van der Waals surface area contributed by atoms with E-state index in [1.54, 1.807) is 4.90 Å². The van der Waals surface area contributed by atoms with Gasteiger partial charge in [0.1, 0.15) is 0 Å². The Kier molecular flexibility index (Phi) is 8.85. The second-order valence-corrected chi connectivity index (χ2v) is 12.4. The number of aryl methyl sites for hydroxylation is 2. The zero-order valence-electron chi connectivity index (χ0n) is 21.6. The molecule has 0 radical (unpaired) electrons. The van der Waals surface area contributed by atoms with Crippen molar-refractivity contribution in [3.63, 3.8) is 0 Å². The summed E-state index contributed by atoms with van der Waals surface area (Å²) in [6.45, 7) is 2.82. The molecule has 0 spiro atoms. The standard InChI is InChI=1S/C29H35BrCl2N4O2/c30-16-19-12-22-4-3-21-14-23(31)15-24(32)26(21)27(28(22)34-17-19)20-6-10-35(11-7-20)25(37)13-18-2-1-8-36(9-5-18)29(33)38/h12,14-15,17-18,20,27H,1-11,13,16H2,(H2,33,38). The molecule has 204 valence electrons. The lowest BCUT2D eigenvalue weighted by Crippen LogP contribution is -2.41. The third-order valence-corrected chi connectivity index (χ3v) is 9.83. The number of carbonyl (C=O) groups is 2. The zero-order chi connectivity index (χ0) is 26.8. The number of urea groups is 1. The van der Waals surface area contributed by atoms with Gasteiger partial charge in [-0.25, -0.2) is 4.79 Å². The second-order valence-electron chi connectivity index (χ2n) is 11.0. The van der Waals surface area contributed by atoms with E-state index in [1.807, 2.05) is 17.2 Å². The maximum Gasteiger partial charge on any atom is 0.314 e. The summed E-state index contributed by atoms with van der Waals surface area (Å²) in [6, 6.07) is 5.84. The highest BCUT2D eigenvalue weighted by Crippen LogP contribution is 2.46. The lowest BCUT2D eigenvalue weighted by molar-refractivity contribution is -0.133. The predicted molar refractivity (Wildman–Crippen MR) is 155 cm³/mol. The van der Waals surface area contributed by atoms with E-state index in [2.05, 4.69) is 28.1 Å². The minimum absolute atomic E-state index is 0.0931. The molecule has 3 amide bonds. The molecule has 5 rings (SSSR count). The Hall–Kier alpha value is -1.83. The number of nitrogens with two attached hydrogens (primary N) is 1. The molecule has 3 aliphatic rings. The summed E-state index contributed by atoms with van der Waals surface area (Å²) in [5.74, 6) is 0.974. The van der Waals surface area contributed by atoms with Crippen LogP contribution in [0.1, 0.15) is 72.4 Å². The highest BCUT2D eigenvalue weighted by atomic mass is 79.9. The quantitative estimate of drug-likeness (QED) is 0.406. The Bertz CT molecular complexity index is 1200. The van der Waals surface area contributed by atoms with Gasteiger partial charge in [0.25, 0.3) is 0 Å². The smallest absolute Gasteiger partial charge is 0.314 e. The first-order valence-electron chi connectivity index (χ1n) is 13.7. The number of alkyl halides is 1. The Morgan fingerprint density at radius 3 is 2.45 bits per heavy atom. The van der Waals surface area contributed by atoms with Crippen molar-refractivity contribution in [3.8, 4) is 0 Å². The zero-order valence-corrected chi connectivity index (χ0v) is 24.7. The minimum Gasteiger partial charge on any atom is -0.351 e. The summed E-state index contributed by atoms with van der Waals surface area (Å²) >= 11 is 16.9. The summed E-state index contributed by atoms with van der Waals surface area (Å²) in [4.78, 5) is 33.5. The van der Waals surface area contributed by atoms with Crippen molar-refractivity contribution in [2.45, 2.75) is 62.6 Å². The van der Waals surface area contributed by atoms with Gasteiger partial charge in [0.2, 0.25) is 5.91 Å². The number of hydrogen-bond donors (Lipinski definition) is 1. The number of benzene rings is 1. The number of nitrogens with zero attached hydrogens (tertiary/aromatic N) is 3. The first-order chi connectivity index (χ1) is 18.3. The van der Waals surface area contributed by atoms with Gasteiger partial charge in [-0.05, 0) is 91.2 Å². The molecule has 2 aromatic rings. The Labute approximate surface area is 243 Å². The molecule has 1 aromatic carbocycles. The Morgan fingerprint density at radius 1 is 0.974 bits per heavy atom. The number of amides is 3. The van der Waals surface area contributed by atoms with E-state index in [0.717, 1.165) is 74.6 Å². The van der Waals surface area contributed by atoms with E-state index < -0.39 is 0 Å². The summed E-state index contributed by atoms with van der Waals surface area (Å²) in [5, 5.41) is 2.17. The van der Waals surface area contributed by atoms with Crippen LogP contribution in [0.5, 0.6) is 0 Å². The van der Waals surface area contributed by atoms with Crippen LogP contribution in [0.3, 0.4) is 0 Å². The van der Waals surface area contributed by atoms with Crippen molar-refractivity contribution < 1.29 is 9.59 Å². The average Bonchev–Trinajstić information content (AvgIpc) is 3.23. The molecule has 3 heterocycles. The largest absolute Gasteiger partial charge is 0.351 e. The number of fused-ring (bicyclic) bond motifs is 2. The Morgan fingerprint density at radius 2 is 1.71 bits per heavy atom. The fraction of sp³-hybridized carbons (Fsp3) is 0.552. The van der Waals surface area contributed by atoms with E-state index in [-0.39, 0.29) is 17.9 Å². The lowest BCUT2D eigenvalue weighted by Gasteiger charge is -2.37. The number of pyridine rings is 1. The molecule has 2 saturated heterocycles. The molecule has 0 saturated carbocycles. The summed E-state index contributed by atoms with van der Waals surface area (Å²) in [5.41, 5.74) is 11.4. The number of primary amides is 1. The number of halogens is 3. The van der Waals surface area contributed by atoms with Crippen LogP contribution in [0.2, 0.25) is 10.0 Å². The fourth-order valence-electron chi connectivity index (χ4n) is 6.63. The normalized spacial score (nSPS) is 22.3. The number of rotatable bonds is 4.